The number of rotatable bonds is 10. The summed E-state index contributed by atoms with van der Waals surface area (Å²) >= 11 is 0. The van der Waals surface area contributed by atoms with Crippen molar-refractivity contribution < 1.29 is 14.6 Å². The van der Waals surface area contributed by atoms with Crippen LogP contribution in [0, 0.1) is 0 Å². The summed E-state index contributed by atoms with van der Waals surface area (Å²) in [6.45, 7) is 6.91. The van der Waals surface area contributed by atoms with Crippen LogP contribution in [0.5, 0.6) is 11.5 Å². The van der Waals surface area contributed by atoms with Gasteiger partial charge < -0.3 is 19.9 Å². The fraction of sp³-hybridized carbons (Fsp3) is 0.600. The molecule has 1 rings (SSSR count). The molecule has 0 bridgehead atoms. The van der Waals surface area contributed by atoms with Crippen LogP contribution in [0.3, 0.4) is 0 Å². The van der Waals surface area contributed by atoms with Crippen molar-refractivity contribution in [2.24, 2.45) is 0 Å². The van der Waals surface area contributed by atoms with Crippen molar-refractivity contribution in [3.63, 3.8) is 0 Å². The molecule has 108 valence electrons. The molecule has 0 atom stereocenters. The van der Waals surface area contributed by atoms with E-state index in [4.69, 9.17) is 14.6 Å². The van der Waals surface area contributed by atoms with E-state index in [0.29, 0.717) is 13.2 Å². The Kier molecular flexibility index (Phi) is 8.02. The maximum atomic E-state index is 8.74. The first kappa shape index (κ1) is 15.8. The lowest BCUT2D eigenvalue weighted by Gasteiger charge is -2.13. The van der Waals surface area contributed by atoms with Gasteiger partial charge in [0.1, 0.15) is 0 Å². The van der Waals surface area contributed by atoms with Crippen molar-refractivity contribution in [3.8, 4) is 11.5 Å². The van der Waals surface area contributed by atoms with E-state index in [-0.39, 0.29) is 6.61 Å². The molecule has 0 radical (unpaired) electrons. The lowest BCUT2D eigenvalue weighted by Crippen LogP contribution is -2.17. The molecule has 0 saturated carbocycles. The second kappa shape index (κ2) is 9.64. The highest BCUT2D eigenvalue weighted by atomic mass is 16.5. The van der Waals surface area contributed by atoms with E-state index in [1.54, 1.807) is 0 Å². The molecule has 0 amide bonds. The quantitative estimate of drug-likeness (QED) is 0.639. The predicted octanol–water partition coefficient (Wildman–Crippen LogP) is 2.35. The minimum Gasteiger partial charge on any atom is -0.490 e. The van der Waals surface area contributed by atoms with Crippen LogP contribution in [0.2, 0.25) is 0 Å². The molecule has 0 heterocycles. The summed E-state index contributed by atoms with van der Waals surface area (Å²) in [6.07, 6.45) is 2.17. The zero-order chi connectivity index (χ0) is 13.9. The molecule has 0 spiro atoms. The van der Waals surface area contributed by atoms with E-state index in [1.165, 1.54) is 0 Å². The predicted molar refractivity (Wildman–Crippen MR) is 76.8 cm³/mol. The Hall–Kier alpha value is -1.26. The Morgan fingerprint density at radius 2 is 2.00 bits per heavy atom. The lowest BCUT2D eigenvalue weighted by molar-refractivity contribution is 0.272. The van der Waals surface area contributed by atoms with Crippen LogP contribution in [-0.2, 0) is 6.54 Å². The van der Waals surface area contributed by atoms with Gasteiger partial charge in [-0.2, -0.15) is 0 Å². The summed E-state index contributed by atoms with van der Waals surface area (Å²) in [5, 5.41) is 11.9. The van der Waals surface area contributed by atoms with Crippen LogP contribution < -0.4 is 14.8 Å². The zero-order valence-electron chi connectivity index (χ0n) is 11.9. The van der Waals surface area contributed by atoms with Crippen molar-refractivity contribution >= 4 is 0 Å². The largest absolute Gasteiger partial charge is 0.490 e. The minimum atomic E-state index is 0.149. The van der Waals surface area contributed by atoms with Crippen molar-refractivity contribution in [3.05, 3.63) is 23.8 Å². The molecule has 0 aliphatic heterocycles. The molecule has 19 heavy (non-hydrogen) atoms. The first-order valence-corrected chi connectivity index (χ1v) is 7.01. The van der Waals surface area contributed by atoms with Gasteiger partial charge in [-0.15, -0.1) is 0 Å². The van der Waals surface area contributed by atoms with Gasteiger partial charge in [-0.05, 0) is 31.0 Å². The van der Waals surface area contributed by atoms with E-state index >= 15 is 0 Å². The van der Waals surface area contributed by atoms with Gasteiger partial charge in [-0.1, -0.05) is 19.4 Å². The molecule has 0 saturated heterocycles. The topological polar surface area (TPSA) is 50.7 Å². The number of aliphatic hydroxyl groups is 1. The van der Waals surface area contributed by atoms with Gasteiger partial charge in [0.25, 0.3) is 0 Å². The molecule has 1 aromatic rings. The smallest absolute Gasteiger partial charge is 0.161 e. The average Bonchev–Trinajstić information content (AvgIpc) is 2.42. The van der Waals surface area contributed by atoms with Crippen LogP contribution in [0.25, 0.3) is 0 Å². The van der Waals surface area contributed by atoms with Crippen LogP contribution in [0.1, 0.15) is 32.3 Å². The highest BCUT2D eigenvalue weighted by Gasteiger charge is 2.06. The number of hydrogen-bond acceptors (Lipinski definition) is 4. The third kappa shape index (κ3) is 5.94. The number of nitrogens with one attached hydrogen (secondary N) is 1. The Labute approximate surface area is 115 Å². The van der Waals surface area contributed by atoms with E-state index in [2.05, 4.69) is 12.2 Å². The van der Waals surface area contributed by atoms with Crippen LogP contribution >= 0.6 is 0 Å². The highest BCUT2D eigenvalue weighted by molar-refractivity contribution is 5.43. The summed E-state index contributed by atoms with van der Waals surface area (Å²) < 4.78 is 11.3. The maximum absolute atomic E-state index is 8.74. The van der Waals surface area contributed by atoms with Gasteiger partial charge in [0.15, 0.2) is 11.5 Å². The number of ether oxygens (including phenoxy) is 2. The van der Waals surface area contributed by atoms with Crippen LogP contribution in [-0.4, -0.2) is 31.5 Å². The fourth-order valence-corrected chi connectivity index (χ4v) is 1.69. The molecule has 0 aromatic heterocycles. The van der Waals surface area contributed by atoms with Gasteiger partial charge >= 0.3 is 0 Å². The molecule has 0 fully saturated rings. The van der Waals surface area contributed by atoms with Gasteiger partial charge in [0.05, 0.1) is 19.8 Å². The molecular formula is C15H25NO3. The molecule has 1 aromatic carbocycles. The summed E-state index contributed by atoms with van der Waals surface area (Å²) in [6, 6.07) is 5.97. The SMILES string of the molecule is CCCCOc1ccc(CNCCO)cc1OCC. The third-order valence-electron chi connectivity index (χ3n) is 2.68. The number of hydrogen-bond donors (Lipinski definition) is 2. The van der Waals surface area contributed by atoms with E-state index in [0.717, 1.165) is 43.1 Å². The van der Waals surface area contributed by atoms with Crippen LogP contribution in [0.4, 0.5) is 0 Å². The summed E-state index contributed by atoms with van der Waals surface area (Å²) in [7, 11) is 0. The molecule has 0 unspecified atom stereocenters. The minimum absolute atomic E-state index is 0.149. The number of aliphatic hydroxyl groups excluding tert-OH is 1. The lowest BCUT2D eigenvalue weighted by atomic mass is 10.2. The fourth-order valence-electron chi connectivity index (χ4n) is 1.69. The first-order valence-electron chi connectivity index (χ1n) is 7.01. The maximum Gasteiger partial charge on any atom is 0.161 e. The zero-order valence-corrected chi connectivity index (χ0v) is 11.9. The molecule has 4 heteroatoms. The Balaban J connectivity index is 2.64. The molecular weight excluding hydrogens is 242 g/mol. The van der Waals surface area contributed by atoms with Gasteiger partial charge in [0, 0.05) is 13.1 Å². The van der Waals surface area contributed by atoms with Crippen molar-refractivity contribution in [2.45, 2.75) is 33.2 Å². The molecule has 2 N–H and O–H groups in total. The monoisotopic (exact) mass is 267 g/mol. The second-order valence-electron chi connectivity index (χ2n) is 4.32. The Bertz CT molecular complexity index is 355. The highest BCUT2D eigenvalue weighted by Crippen LogP contribution is 2.28. The number of unbranched alkanes of at least 4 members (excludes halogenated alkanes) is 1. The number of benzene rings is 1. The summed E-state index contributed by atoms with van der Waals surface area (Å²) in [5.41, 5.74) is 1.12. The van der Waals surface area contributed by atoms with Crippen LogP contribution in [0.15, 0.2) is 18.2 Å². The normalized spacial score (nSPS) is 10.5. The van der Waals surface area contributed by atoms with E-state index in [1.807, 2.05) is 25.1 Å². The van der Waals surface area contributed by atoms with Gasteiger partial charge in [-0.25, -0.2) is 0 Å². The summed E-state index contributed by atoms with van der Waals surface area (Å²) in [5.74, 6) is 1.60. The van der Waals surface area contributed by atoms with Gasteiger partial charge in [-0.3, -0.25) is 0 Å². The first-order chi connectivity index (χ1) is 9.31. The summed E-state index contributed by atoms with van der Waals surface area (Å²) in [4.78, 5) is 0. The van der Waals surface area contributed by atoms with Crippen molar-refractivity contribution in [1.82, 2.24) is 5.32 Å². The Morgan fingerprint density at radius 1 is 1.16 bits per heavy atom. The molecule has 4 nitrogen and oxygen atoms in total. The van der Waals surface area contributed by atoms with E-state index in [9.17, 15) is 0 Å². The van der Waals surface area contributed by atoms with Crippen molar-refractivity contribution in [2.75, 3.05) is 26.4 Å². The third-order valence-corrected chi connectivity index (χ3v) is 2.68. The molecule has 0 aliphatic carbocycles. The van der Waals surface area contributed by atoms with E-state index < -0.39 is 0 Å². The second-order valence-corrected chi connectivity index (χ2v) is 4.32. The average molecular weight is 267 g/mol. The van der Waals surface area contributed by atoms with Crippen molar-refractivity contribution in [1.29, 1.82) is 0 Å². The molecule has 0 aliphatic rings. The van der Waals surface area contributed by atoms with Gasteiger partial charge in [0.2, 0.25) is 0 Å². The Morgan fingerprint density at radius 3 is 2.68 bits per heavy atom. The standard InChI is InChI=1S/C15H25NO3/c1-3-5-10-19-14-7-6-13(12-16-8-9-17)11-15(14)18-4-2/h6-7,11,16-17H,3-5,8-10,12H2,1-2H3.